The number of hydrogen-bond acceptors (Lipinski definition) is 4. The van der Waals surface area contributed by atoms with Crippen molar-refractivity contribution in [2.45, 2.75) is 13.1 Å². The topological polar surface area (TPSA) is 49.8 Å². The molecule has 0 saturated carbocycles. The minimum absolute atomic E-state index is 0.720. The van der Waals surface area contributed by atoms with Crippen molar-refractivity contribution in [3.63, 3.8) is 0 Å². The highest BCUT2D eigenvalue weighted by molar-refractivity contribution is 9.10. The van der Waals surface area contributed by atoms with E-state index in [0.717, 1.165) is 34.3 Å². The van der Waals surface area contributed by atoms with Gasteiger partial charge in [-0.25, -0.2) is 4.98 Å². The number of hydrogen-bond donors (Lipinski definition) is 2. The van der Waals surface area contributed by atoms with Gasteiger partial charge >= 0.3 is 0 Å². The highest BCUT2D eigenvalue weighted by Gasteiger charge is 2.07. The third-order valence-electron chi connectivity index (χ3n) is 3.53. The van der Waals surface area contributed by atoms with Crippen LogP contribution in [0.25, 0.3) is 10.9 Å². The molecule has 2 aromatic heterocycles. The van der Waals surface area contributed by atoms with Gasteiger partial charge in [-0.3, -0.25) is 4.98 Å². The lowest BCUT2D eigenvalue weighted by Gasteiger charge is -2.12. The number of benzene rings is 1. The summed E-state index contributed by atoms with van der Waals surface area (Å²) in [5, 5.41) is 7.66. The van der Waals surface area contributed by atoms with Gasteiger partial charge in [0.2, 0.25) is 0 Å². The molecule has 0 aliphatic rings. The summed E-state index contributed by atoms with van der Waals surface area (Å²) in [4.78, 5) is 8.91. The highest BCUT2D eigenvalue weighted by atomic mass is 79.9. The Bertz CT molecular complexity index is 788. The van der Waals surface area contributed by atoms with E-state index in [1.54, 1.807) is 6.20 Å². The summed E-state index contributed by atoms with van der Waals surface area (Å²) in [7, 11) is 1.96. The van der Waals surface area contributed by atoms with Gasteiger partial charge in [0.05, 0.1) is 0 Å². The summed E-state index contributed by atoms with van der Waals surface area (Å²) >= 11 is 3.52. The molecule has 2 heterocycles. The molecule has 112 valence electrons. The zero-order valence-corrected chi connectivity index (χ0v) is 13.9. The number of aromatic nitrogens is 2. The lowest BCUT2D eigenvalue weighted by Crippen LogP contribution is -2.10. The number of nitrogens with zero attached hydrogens (tertiary/aromatic N) is 2. The molecule has 22 heavy (non-hydrogen) atoms. The highest BCUT2D eigenvalue weighted by Crippen LogP contribution is 2.26. The Morgan fingerprint density at radius 1 is 1.00 bits per heavy atom. The normalized spacial score (nSPS) is 10.8. The minimum Gasteiger partial charge on any atom is -0.364 e. The van der Waals surface area contributed by atoms with E-state index in [9.17, 15) is 0 Å². The molecule has 0 aliphatic carbocycles. The van der Waals surface area contributed by atoms with Crippen molar-refractivity contribution >= 4 is 32.7 Å². The average Bonchev–Trinajstić information content (AvgIpc) is 2.56. The Kier molecular flexibility index (Phi) is 4.65. The monoisotopic (exact) mass is 356 g/mol. The van der Waals surface area contributed by atoms with E-state index in [4.69, 9.17) is 0 Å². The van der Waals surface area contributed by atoms with Gasteiger partial charge in [0, 0.05) is 35.3 Å². The van der Waals surface area contributed by atoms with E-state index in [-0.39, 0.29) is 0 Å². The largest absolute Gasteiger partial charge is 0.364 e. The molecular formula is C17H17BrN4. The zero-order chi connectivity index (χ0) is 15.4. The fourth-order valence-corrected chi connectivity index (χ4v) is 2.86. The molecule has 0 atom stereocenters. The first-order valence-electron chi connectivity index (χ1n) is 7.14. The van der Waals surface area contributed by atoms with Gasteiger partial charge in [0.1, 0.15) is 5.52 Å². The second-order valence-corrected chi connectivity index (χ2v) is 5.86. The maximum Gasteiger partial charge on any atom is 0.152 e. The van der Waals surface area contributed by atoms with Crippen LogP contribution in [0.2, 0.25) is 0 Å². The molecule has 1 aromatic carbocycles. The Labute approximate surface area is 138 Å². The molecule has 2 N–H and O–H groups in total. The molecule has 0 radical (unpaired) electrons. The SMILES string of the molecule is CNCc1ccccc1CNc1ncc(Br)c2cccnc12. The van der Waals surface area contributed by atoms with Crippen LogP contribution in [0.5, 0.6) is 0 Å². The molecular weight excluding hydrogens is 340 g/mol. The van der Waals surface area contributed by atoms with Crippen LogP contribution in [0.15, 0.2) is 53.3 Å². The number of fused-ring (bicyclic) bond motifs is 1. The number of rotatable bonds is 5. The first-order valence-corrected chi connectivity index (χ1v) is 7.93. The maximum absolute atomic E-state index is 4.46. The van der Waals surface area contributed by atoms with E-state index in [1.165, 1.54) is 11.1 Å². The summed E-state index contributed by atoms with van der Waals surface area (Å²) in [6.07, 6.45) is 3.60. The van der Waals surface area contributed by atoms with Gasteiger partial charge in [-0.15, -0.1) is 0 Å². The molecule has 0 saturated heterocycles. The number of nitrogens with one attached hydrogen (secondary N) is 2. The van der Waals surface area contributed by atoms with Crippen LogP contribution in [-0.2, 0) is 13.1 Å². The predicted octanol–water partition coefficient (Wildman–Crippen LogP) is 3.72. The lowest BCUT2D eigenvalue weighted by molar-refractivity contribution is 0.806. The number of anilines is 1. The summed E-state index contributed by atoms with van der Waals surface area (Å²) < 4.78 is 0.955. The van der Waals surface area contributed by atoms with E-state index >= 15 is 0 Å². The quantitative estimate of drug-likeness (QED) is 0.731. The van der Waals surface area contributed by atoms with E-state index in [2.05, 4.69) is 60.8 Å². The molecule has 0 spiro atoms. The van der Waals surface area contributed by atoms with Crippen molar-refractivity contribution in [2.24, 2.45) is 0 Å². The third-order valence-corrected chi connectivity index (χ3v) is 4.16. The Balaban J connectivity index is 1.87. The van der Waals surface area contributed by atoms with Crippen LogP contribution < -0.4 is 10.6 Å². The molecule has 5 heteroatoms. The Hall–Kier alpha value is -1.98. The van der Waals surface area contributed by atoms with E-state index in [1.807, 2.05) is 25.4 Å². The second kappa shape index (κ2) is 6.85. The average molecular weight is 357 g/mol. The summed E-state index contributed by atoms with van der Waals surface area (Å²) in [5.41, 5.74) is 3.42. The van der Waals surface area contributed by atoms with Crippen molar-refractivity contribution in [3.05, 3.63) is 64.4 Å². The molecule has 3 rings (SSSR count). The van der Waals surface area contributed by atoms with Crippen LogP contribution in [0.1, 0.15) is 11.1 Å². The van der Waals surface area contributed by atoms with Crippen LogP contribution in [0.3, 0.4) is 0 Å². The second-order valence-electron chi connectivity index (χ2n) is 5.01. The molecule has 0 fully saturated rings. The fourth-order valence-electron chi connectivity index (χ4n) is 2.44. The van der Waals surface area contributed by atoms with E-state index in [0.29, 0.717) is 0 Å². The van der Waals surface area contributed by atoms with Crippen LogP contribution >= 0.6 is 15.9 Å². The van der Waals surface area contributed by atoms with Gasteiger partial charge in [-0.1, -0.05) is 24.3 Å². The molecule has 3 aromatic rings. The minimum atomic E-state index is 0.720. The number of halogens is 1. The van der Waals surface area contributed by atoms with Crippen molar-refractivity contribution < 1.29 is 0 Å². The van der Waals surface area contributed by atoms with Gasteiger partial charge in [0.15, 0.2) is 5.82 Å². The summed E-state index contributed by atoms with van der Waals surface area (Å²) in [5.74, 6) is 0.804. The smallest absolute Gasteiger partial charge is 0.152 e. The van der Waals surface area contributed by atoms with Gasteiger partial charge in [-0.05, 0) is 46.2 Å². The Morgan fingerprint density at radius 2 is 1.77 bits per heavy atom. The summed E-state index contributed by atoms with van der Waals surface area (Å²) in [6, 6.07) is 12.4. The van der Waals surface area contributed by atoms with Gasteiger partial charge in [0.25, 0.3) is 0 Å². The molecule has 0 bridgehead atoms. The van der Waals surface area contributed by atoms with Crippen molar-refractivity contribution in [1.29, 1.82) is 0 Å². The lowest BCUT2D eigenvalue weighted by atomic mass is 10.1. The van der Waals surface area contributed by atoms with Crippen molar-refractivity contribution in [3.8, 4) is 0 Å². The Morgan fingerprint density at radius 3 is 2.55 bits per heavy atom. The third kappa shape index (κ3) is 3.10. The molecule has 0 amide bonds. The number of pyridine rings is 2. The predicted molar refractivity (Wildman–Crippen MR) is 93.8 cm³/mol. The first-order chi connectivity index (χ1) is 10.8. The van der Waals surface area contributed by atoms with Crippen LogP contribution in [-0.4, -0.2) is 17.0 Å². The molecule has 4 nitrogen and oxygen atoms in total. The zero-order valence-electron chi connectivity index (χ0n) is 12.3. The van der Waals surface area contributed by atoms with Crippen molar-refractivity contribution in [2.75, 3.05) is 12.4 Å². The van der Waals surface area contributed by atoms with Gasteiger partial charge < -0.3 is 10.6 Å². The fraction of sp³-hybridized carbons (Fsp3) is 0.176. The van der Waals surface area contributed by atoms with Crippen LogP contribution in [0.4, 0.5) is 5.82 Å². The van der Waals surface area contributed by atoms with Gasteiger partial charge in [-0.2, -0.15) is 0 Å². The molecule has 0 unspecified atom stereocenters. The maximum atomic E-state index is 4.46. The first kappa shape index (κ1) is 14.9. The van der Waals surface area contributed by atoms with E-state index < -0.39 is 0 Å². The molecule has 0 aliphatic heterocycles. The van der Waals surface area contributed by atoms with Crippen LogP contribution in [0, 0.1) is 0 Å². The standard InChI is InChI=1S/C17H17BrN4/c1-19-9-12-5-2-3-6-13(12)10-21-17-16-14(7-4-8-20-16)15(18)11-22-17/h2-8,11,19H,9-10H2,1H3,(H,21,22). The van der Waals surface area contributed by atoms with Crippen molar-refractivity contribution in [1.82, 2.24) is 15.3 Å². The summed E-state index contributed by atoms with van der Waals surface area (Å²) in [6.45, 7) is 1.57.